The van der Waals surface area contributed by atoms with E-state index in [1.54, 1.807) is 12.1 Å². The Hall–Kier alpha value is -4.21. The van der Waals surface area contributed by atoms with Crippen LogP contribution in [0.1, 0.15) is 22.3 Å². The molecule has 0 spiro atoms. The largest absolute Gasteiger partial charge is 0.436 e. The molecule has 5 rings (SSSR count). The minimum atomic E-state index is -3.78. The van der Waals surface area contributed by atoms with E-state index in [9.17, 15) is 8.42 Å². The number of aryl methyl sites for hydroxylation is 3. The van der Waals surface area contributed by atoms with Crippen molar-refractivity contribution >= 4 is 32.7 Å². The summed E-state index contributed by atoms with van der Waals surface area (Å²) in [6, 6.07) is 22.3. The van der Waals surface area contributed by atoms with Crippen molar-refractivity contribution in [3.63, 3.8) is 0 Å². The topological polar surface area (TPSA) is 112 Å². The predicted molar refractivity (Wildman–Crippen MR) is 145 cm³/mol. The molecule has 2 aromatic heterocycles. The zero-order valence-corrected chi connectivity index (χ0v) is 21.6. The van der Waals surface area contributed by atoms with Crippen molar-refractivity contribution in [1.29, 1.82) is 0 Å². The number of nitrogens with two attached hydrogens (primary N) is 1. The van der Waals surface area contributed by atoms with Crippen molar-refractivity contribution in [2.45, 2.75) is 32.2 Å². The van der Waals surface area contributed by atoms with Gasteiger partial charge in [-0.15, -0.1) is 0 Å². The Kier molecular flexibility index (Phi) is 6.41. The van der Waals surface area contributed by atoms with E-state index < -0.39 is 10.0 Å². The summed E-state index contributed by atoms with van der Waals surface area (Å²) in [4.78, 5) is 9.46. The second-order valence-electron chi connectivity index (χ2n) is 9.04. The third-order valence-electron chi connectivity index (χ3n) is 6.02. The maximum absolute atomic E-state index is 11.6. The minimum absolute atomic E-state index is 0.0294. The molecule has 0 aliphatic carbocycles. The highest BCUT2D eigenvalue weighted by Gasteiger charge is 2.17. The van der Waals surface area contributed by atoms with Crippen LogP contribution in [0.15, 0.2) is 83.9 Å². The lowest BCUT2D eigenvalue weighted by atomic mass is 10.1. The van der Waals surface area contributed by atoms with Crippen LogP contribution in [-0.2, 0) is 16.6 Å². The van der Waals surface area contributed by atoms with Gasteiger partial charge in [0.2, 0.25) is 21.9 Å². The Balaban J connectivity index is 1.58. The van der Waals surface area contributed by atoms with E-state index in [0.717, 1.165) is 33.5 Å². The molecule has 3 N–H and O–H groups in total. The number of ether oxygens (including phenoxy) is 1. The van der Waals surface area contributed by atoms with E-state index in [2.05, 4.69) is 41.1 Å². The van der Waals surface area contributed by atoms with E-state index >= 15 is 0 Å². The second kappa shape index (κ2) is 9.68. The maximum atomic E-state index is 11.6. The Morgan fingerprint density at radius 3 is 2.24 bits per heavy atom. The number of fused-ring (bicyclic) bond motifs is 1. The Labute approximate surface area is 215 Å². The maximum Gasteiger partial charge on any atom is 0.249 e. The number of hydrogen-bond donors (Lipinski definition) is 2. The van der Waals surface area contributed by atoms with Crippen LogP contribution in [0, 0.1) is 20.8 Å². The number of rotatable bonds is 7. The van der Waals surface area contributed by atoms with E-state index in [-0.39, 0.29) is 4.90 Å². The SMILES string of the molecule is Cc1cc(C)c(Oc2nc(Nc3ccc(S(N)(=O)=O)cc3)nc3ccn(Cc4ccccc4)c23)c(C)c1. The van der Waals surface area contributed by atoms with Crippen molar-refractivity contribution < 1.29 is 13.2 Å². The van der Waals surface area contributed by atoms with Crippen LogP contribution in [0.5, 0.6) is 11.6 Å². The van der Waals surface area contributed by atoms with Gasteiger partial charge in [0.05, 0.1) is 10.4 Å². The molecule has 0 bridgehead atoms. The number of primary sulfonamides is 1. The highest BCUT2D eigenvalue weighted by atomic mass is 32.2. The van der Waals surface area contributed by atoms with Crippen LogP contribution in [0.2, 0.25) is 0 Å². The first-order valence-electron chi connectivity index (χ1n) is 11.7. The van der Waals surface area contributed by atoms with Gasteiger partial charge >= 0.3 is 0 Å². The molecular weight excluding hydrogens is 486 g/mol. The van der Waals surface area contributed by atoms with Crippen LogP contribution in [0.4, 0.5) is 11.6 Å². The smallest absolute Gasteiger partial charge is 0.249 e. The van der Waals surface area contributed by atoms with Crippen molar-refractivity contribution in [2.24, 2.45) is 5.14 Å². The van der Waals surface area contributed by atoms with Gasteiger partial charge in [-0.25, -0.2) is 18.5 Å². The van der Waals surface area contributed by atoms with Crippen LogP contribution in [0.3, 0.4) is 0 Å². The summed E-state index contributed by atoms with van der Waals surface area (Å²) in [5.74, 6) is 1.50. The van der Waals surface area contributed by atoms with Gasteiger partial charge < -0.3 is 14.6 Å². The van der Waals surface area contributed by atoms with E-state index in [1.807, 2.05) is 44.3 Å². The van der Waals surface area contributed by atoms with Crippen molar-refractivity contribution in [1.82, 2.24) is 14.5 Å². The summed E-state index contributed by atoms with van der Waals surface area (Å²) in [7, 11) is -3.78. The molecule has 3 aromatic carbocycles. The lowest BCUT2D eigenvalue weighted by Crippen LogP contribution is -2.11. The van der Waals surface area contributed by atoms with E-state index in [0.29, 0.717) is 29.6 Å². The molecular formula is C28H27N5O3S. The standard InChI is InChI=1S/C28H27N5O3S/c1-18-15-19(2)26(20(3)16-18)36-27-25-24(13-14-33(25)17-21-7-5-4-6-8-21)31-28(32-27)30-22-9-11-23(12-10-22)37(29,34)35/h4-16H,17H2,1-3H3,(H2,29,34,35)(H,30,31,32). The molecule has 0 unspecified atom stereocenters. The average Bonchev–Trinajstić information content (AvgIpc) is 3.24. The molecule has 0 atom stereocenters. The lowest BCUT2D eigenvalue weighted by Gasteiger charge is -2.15. The summed E-state index contributed by atoms with van der Waals surface area (Å²) in [6.45, 7) is 6.73. The van der Waals surface area contributed by atoms with Crippen LogP contribution in [-0.4, -0.2) is 23.0 Å². The molecule has 0 fully saturated rings. The van der Waals surface area contributed by atoms with Crippen LogP contribution >= 0.6 is 0 Å². The van der Waals surface area contributed by atoms with Crippen molar-refractivity contribution in [3.8, 4) is 11.6 Å². The van der Waals surface area contributed by atoms with E-state index in [1.165, 1.54) is 12.1 Å². The van der Waals surface area contributed by atoms with Gasteiger partial charge in [-0.1, -0.05) is 48.0 Å². The van der Waals surface area contributed by atoms with Gasteiger partial charge in [-0.05, 0) is 67.8 Å². The summed E-state index contributed by atoms with van der Waals surface area (Å²) >= 11 is 0. The highest BCUT2D eigenvalue weighted by Crippen LogP contribution is 2.34. The summed E-state index contributed by atoms with van der Waals surface area (Å²) in [5, 5.41) is 8.37. The lowest BCUT2D eigenvalue weighted by molar-refractivity contribution is 0.459. The summed E-state index contributed by atoms with van der Waals surface area (Å²) in [5.41, 5.74) is 6.44. The van der Waals surface area contributed by atoms with Gasteiger partial charge in [-0.2, -0.15) is 4.98 Å². The first-order chi connectivity index (χ1) is 17.7. The number of benzene rings is 3. The zero-order chi connectivity index (χ0) is 26.2. The van der Waals surface area contributed by atoms with Gasteiger partial charge in [0.25, 0.3) is 0 Å². The number of sulfonamides is 1. The number of aromatic nitrogens is 3. The zero-order valence-electron chi connectivity index (χ0n) is 20.8. The fraction of sp³-hybridized carbons (Fsp3) is 0.143. The molecule has 5 aromatic rings. The van der Waals surface area contributed by atoms with Gasteiger partial charge in [0, 0.05) is 18.4 Å². The molecule has 0 amide bonds. The molecule has 9 heteroatoms. The first kappa shape index (κ1) is 24.5. The molecule has 0 saturated carbocycles. The Morgan fingerprint density at radius 1 is 0.919 bits per heavy atom. The third-order valence-corrected chi connectivity index (χ3v) is 6.95. The normalized spacial score (nSPS) is 11.6. The van der Waals surface area contributed by atoms with Crippen molar-refractivity contribution in [3.05, 3.63) is 101 Å². The third kappa shape index (κ3) is 5.32. The van der Waals surface area contributed by atoms with E-state index in [4.69, 9.17) is 19.8 Å². The number of nitrogens with zero attached hydrogens (tertiary/aromatic N) is 3. The molecule has 188 valence electrons. The molecule has 0 aliphatic heterocycles. The molecule has 8 nitrogen and oxygen atoms in total. The number of hydrogen-bond acceptors (Lipinski definition) is 6. The molecule has 37 heavy (non-hydrogen) atoms. The first-order valence-corrected chi connectivity index (χ1v) is 13.3. The Bertz CT molecular complexity index is 1670. The summed E-state index contributed by atoms with van der Waals surface area (Å²) < 4.78 is 31.7. The second-order valence-corrected chi connectivity index (χ2v) is 10.6. The molecule has 0 aliphatic rings. The quantitative estimate of drug-likeness (QED) is 0.293. The molecule has 2 heterocycles. The Morgan fingerprint density at radius 2 is 1.59 bits per heavy atom. The fourth-order valence-corrected chi connectivity index (χ4v) is 4.91. The fourth-order valence-electron chi connectivity index (χ4n) is 4.39. The highest BCUT2D eigenvalue weighted by molar-refractivity contribution is 7.89. The number of anilines is 2. The molecule has 0 radical (unpaired) electrons. The van der Waals surface area contributed by atoms with Crippen LogP contribution < -0.4 is 15.2 Å². The van der Waals surface area contributed by atoms with Gasteiger partial charge in [0.15, 0.2) is 0 Å². The van der Waals surface area contributed by atoms with Crippen molar-refractivity contribution in [2.75, 3.05) is 5.32 Å². The van der Waals surface area contributed by atoms with Crippen LogP contribution in [0.25, 0.3) is 11.0 Å². The van der Waals surface area contributed by atoms with Gasteiger partial charge in [0.1, 0.15) is 11.3 Å². The monoisotopic (exact) mass is 513 g/mol. The summed E-state index contributed by atoms with van der Waals surface area (Å²) in [6.07, 6.45) is 1.97. The average molecular weight is 514 g/mol. The minimum Gasteiger partial charge on any atom is -0.436 e. The number of nitrogens with one attached hydrogen (secondary N) is 1. The molecule has 0 saturated heterocycles. The van der Waals surface area contributed by atoms with Gasteiger partial charge in [-0.3, -0.25) is 0 Å². The predicted octanol–water partition coefficient (Wildman–Crippen LogP) is 5.59.